The summed E-state index contributed by atoms with van der Waals surface area (Å²) in [4.78, 5) is 0. The molecule has 0 aliphatic rings. The number of hydrogen-bond acceptors (Lipinski definition) is 1. The van der Waals surface area contributed by atoms with E-state index in [2.05, 4.69) is 6.92 Å². The number of rotatable bonds is 18. The number of unbranched alkanes of at least 4 members (excludes halogenated alkanes) is 15. The van der Waals surface area contributed by atoms with Crippen molar-refractivity contribution in [3.05, 3.63) is 0 Å². The summed E-state index contributed by atoms with van der Waals surface area (Å²) in [6, 6.07) is 0. The average Bonchev–Trinajstić information content (AvgIpc) is 2.54. The molecule has 1 unspecified atom stereocenters. The third kappa shape index (κ3) is 18.2. The molecular weight excluding hydrogens is 288 g/mol. The Balaban J connectivity index is 2.98. The van der Waals surface area contributed by atoms with Crippen LogP contribution in [0.5, 0.6) is 0 Å². The summed E-state index contributed by atoms with van der Waals surface area (Å²) in [5.41, 5.74) is 0. The first-order valence-corrected chi connectivity index (χ1v) is 11.6. The molecule has 1 atom stereocenters. The van der Waals surface area contributed by atoms with Crippen molar-refractivity contribution in [3.63, 3.8) is 0 Å². The van der Waals surface area contributed by atoms with Gasteiger partial charge in [-0.2, -0.15) is 0 Å². The summed E-state index contributed by atoms with van der Waals surface area (Å²) in [6.07, 6.45) is 22.4. The van der Waals surface area contributed by atoms with Crippen molar-refractivity contribution in [1.82, 2.24) is 0 Å². The third-order valence-corrected chi connectivity index (χ3v) is 5.94. The van der Waals surface area contributed by atoms with Gasteiger partial charge >= 0.3 is 0 Å². The van der Waals surface area contributed by atoms with Crippen molar-refractivity contribution in [1.29, 1.82) is 0 Å². The van der Waals surface area contributed by atoms with E-state index < -0.39 is 10.8 Å². The van der Waals surface area contributed by atoms with Gasteiger partial charge in [0.1, 0.15) is 0 Å². The van der Waals surface area contributed by atoms with Crippen LogP contribution >= 0.6 is 0 Å². The SMILES string of the molecule is CCCCCCCCCCCCCCCCCCS(=O)CC. The summed E-state index contributed by atoms with van der Waals surface area (Å²) in [7, 11) is -0.544. The molecule has 0 aromatic carbocycles. The molecule has 0 saturated heterocycles. The first kappa shape index (κ1) is 22.1. The van der Waals surface area contributed by atoms with Crippen molar-refractivity contribution in [2.45, 2.75) is 117 Å². The Morgan fingerprint density at radius 3 is 1.14 bits per heavy atom. The Morgan fingerprint density at radius 1 is 0.500 bits per heavy atom. The maximum absolute atomic E-state index is 11.3. The summed E-state index contributed by atoms with van der Waals surface area (Å²) in [6.45, 7) is 4.30. The maximum Gasteiger partial charge on any atom is 0.0234 e. The zero-order chi connectivity index (χ0) is 16.3. The highest BCUT2D eigenvalue weighted by molar-refractivity contribution is 7.84. The molecule has 0 aromatic rings. The molecule has 0 radical (unpaired) electrons. The van der Waals surface area contributed by atoms with E-state index in [4.69, 9.17) is 0 Å². The fraction of sp³-hybridized carbons (Fsp3) is 1.00. The van der Waals surface area contributed by atoms with Gasteiger partial charge in [0.2, 0.25) is 0 Å². The van der Waals surface area contributed by atoms with Crippen LogP contribution in [0.25, 0.3) is 0 Å². The molecule has 0 fully saturated rings. The molecule has 134 valence electrons. The first-order chi connectivity index (χ1) is 10.8. The molecule has 0 aliphatic heterocycles. The van der Waals surface area contributed by atoms with Crippen molar-refractivity contribution < 1.29 is 4.21 Å². The second-order valence-electron chi connectivity index (χ2n) is 6.74. The minimum Gasteiger partial charge on any atom is -0.260 e. The van der Waals surface area contributed by atoms with Crippen molar-refractivity contribution in [3.8, 4) is 0 Å². The second kappa shape index (κ2) is 19.2. The van der Waals surface area contributed by atoms with Gasteiger partial charge in [0.15, 0.2) is 0 Å². The Morgan fingerprint density at radius 2 is 0.818 bits per heavy atom. The Labute approximate surface area is 143 Å². The Kier molecular flexibility index (Phi) is 19.3. The van der Waals surface area contributed by atoms with E-state index in [0.717, 1.165) is 11.5 Å². The molecule has 0 heterocycles. The average molecular weight is 331 g/mol. The van der Waals surface area contributed by atoms with E-state index in [1.54, 1.807) is 0 Å². The van der Waals surface area contributed by atoms with Crippen LogP contribution in [-0.2, 0) is 10.8 Å². The minimum atomic E-state index is -0.544. The molecule has 0 rings (SSSR count). The first-order valence-electron chi connectivity index (χ1n) is 10.2. The molecule has 0 saturated carbocycles. The lowest BCUT2D eigenvalue weighted by Gasteiger charge is -2.03. The third-order valence-electron chi connectivity index (χ3n) is 4.55. The smallest absolute Gasteiger partial charge is 0.0234 e. The Bertz CT molecular complexity index is 228. The fourth-order valence-electron chi connectivity index (χ4n) is 2.96. The zero-order valence-electron chi connectivity index (χ0n) is 15.5. The van der Waals surface area contributed by atoms with Crippen molar-refractivity contribution >= 4 is 10.8 Å². The van der Waals surface area contributed by atoms with Crippen LogP contribution in [0.2, 0.25) is 0 Å². The van der Waals surface area contributed by atoms with Crippen LogP contribution < -0.4 is 0 Å². The zero-order valence-corrected chi connectivity index (χ0v) is 16.4. The Hall–Kier alpha value is 0.150. The van der Waals surface area contributed by atoms with Crippen LogP contribution in [-0.4, -0.2) is 15.7 Å². The van der Waals surface area contributed by atoms with Gasteiger partial charge in [-0.25, -0.2) is 0 Å². The minimum absolute atomic E-state index is 0.544. The van der Waals surface area contributed by atoms with Gasteiger partial charge in [-0.3, -0.25) is 4.21 Å². The van der Waals surface area contributed by atoms with Gasteiger partial charge in [0.25, 0.3) is 0 Å². The molecule has 0 spiro atoms. The van der Waals surface area contributed by atoms with E-state index in [0.29, 0.717) is 0 Å². The standard InChI is InChI=1S/C20H42OS/c1-3-5-6-7-8-9-10-11-12-13-14-15-16-17-18-19-20-22(21)4-2/h3-20H2,1-2H3. The molecule has 0 bridgehead atoms. The van der Waals surface area contributed by atoms with E-state index >= 15 is 0 Å². The molecule has 0 aliphatic carbocycles. The van der Waals surface area contributed by atoms with Crippen LogP contribution in [0.15, 0.2) is 0 Å². The van der Waals surface area contributed by atoms with E-state index in [1.165, 1.54) is 103 Å². The molecular formula is C20H42OS. The van der Waals surface area contributed by atoms with Crippen LogP contribution in [0.1, 0.15) is 117 Å². The lowest BCUT2D eigenvalue weighted by Crippen LogP contribution is -1.99. The maximum atomic E-state index is 11.3. The van der Waals surface area contributed by atoms with Gasteiger partial charge in [-0.05, 0) is 6.42 Å². The lowest BCUT2D eigenvalue weighted by molar-refractivity contribution is 0.531. The van der Waals surface area contributed by atoms with Crippen LogP contribution in [0, 0.1) is 0 Å². The van der Waals surface area contributed by atoms with Crippen LogP contribution in [0.4, 0.5) is 0 Å². The molecule has 2 heteroatoms. The van der Waals surface area contributed by atoms with Gasteiger partial charge < -0.3 is 0 Å². The van der Waals surface area contributed by atoms with E-state index in [9.17, 15) is 4.21 Å². The molecule has 22 heavy (non-hydrogen) atoms. The molecule has 0 amide bonds. The van der Waals surface area contributed by atoms with E-state index in [1.807, 2.05) is 6.92 Å². The normalized spacial score (nSPS) is 12.6. The topological polar surface area (TPSA) is 17.1 Å². The summed E-state index contributed by atoms with van der Waals surface area (Å²) in [5, 5.41) is 0. The fourth-order valence-corrected chi connectivity index (χ4v) is 3.77. The highest BCUT2D eigenvalue weighted by atomic mass is 32.2. The molecule has 0 N–H and O–H groups in total. The highest BCUT2D eigenvalue weighted by Crippen LogP contribution is 2.13. The largest absolute Gasteiger partial charge is 0.260 e. The summed E-state index contributed by atoms with van der Waals surface area (Å²) < 4.78 is 11.3. The van der Waals surface area contributed by atoms with Gasteiger partial charge in [-0.15, -0.1) is 0 Å². The highest BCUT2D eigenvalue weighted by Gasteiger charge is 1.97. The predicted octanol–water partition coefficient (Wildman–Crippen LogP) is 7.02. The summed E-state index contributed by atoms with van der Waals surface area (Å²) in [5.74, 6) is 1.76. The van der Waals surface area contributed by atoms with Gasteiger partial charge in [-0.1, -0.05) is 110 Å². The van der Waals surface area contributed by atoms with Gasteiger partial charge in [0.05, 0.1) is 0 Å². The molecule has 1 nitrogen and oxygen atoms in total. The second-order valence-corrected chi connectivity index (χ2v) is 8.60. The van der Waals surface area contributed by atoms with E-state index in [-0.39, 0.29) is 0 Å². The summed E-state index contributed by atoms with van der Waals surface area (Å²) >= 11 is 0. The lowest BCUT2D eigenvalue weighted by atomic mass is 10.0. The molecule has 0 aromatic heterocycles. The van der Waals surface area contributed by atoms with Crippen molar-refractivity contribution in [2.24, 2.45) is 0 Å². The van der Waals surface area contributed by atoms with Crippen LogP contribution in [0.3, 0.4) is 0 Å². The monoisotopic (exact) mass is 330 g/mol. The quantitative estimate of drug-likeness (QED) is 0.247. The predicted molar refractivity (Wildman–Crippen MR) is 103 cm³/mol. The van der Waals surface area contributed by atoms with Crippen molar-refractivity contribution in [2.75, 3.05) is 11.5 Å². The van der Waals surface area contributed by atoms with Gasteiger partial charge in [0, 0.05) is 22.3 Å². The number of hydrogen-bond donors (Lipinski definition) is 0.